The van der Waals surface area contributed by atoms with Gasteiger partial charge < -0.3 is 10.6 Å². The minimum atomic E-state index is 0.159. The number of aromatic nitrogens is 6. The van der Waals surface area contributed by atoms with Crippen molar-refractivity contribution >= 4 is 23.2 Å². The molecule has 0 amide bonds. The second kappa shape index (κ2) is 5.44. The van der Waals surface area contributed by atoms with Crippen LogP contribution in [0.15, 0.2) is 23.8 Å². The first-order valence-electron chi connectivity index (χ1n) is 6.25. The summed E-state index contributed by atoms with van der Waals surface area (Å²) in [6, 6.07) is 1.79. The lowest BCUT2D eigenvalue weighted by atomic mass is 10.4. The molecule has 0 unspecified atom stereocenters. The van der Waals surface area contributed by atoms with Gasteiger partial charge in [-0.25, -0.2) is 9.67 Å². The van der Waals surface area contributed by atoms with E-state index in [1.165, 1.54) is 0 Å². The normalized spacial score (nSPS) is 10.8. The maximum absolute atomic E-state index is 5.76. The summed E-state index contributed by atoms with van der Waals surface area (Å²) in [5, 5.41) is 7.15. The molecule has 3 aromatic rings. The van der Waals surface area contributed by atoms with Crippen molar-refractivity contribution in [3.05, 3.63) is 34.5 Å². The number of thiazole rings is 1. The Hall–Kier alpha value is -2.55. The Labute approximate surface area is 125 Å². The number of rotatable bonds is 4. The molecule has 3 heterocycles. The first kappa shape index (κ1) is 13.4. The van der Waals surface area contributed by atoms with Crippen LogP contribution in [-0.2, 0) is 6.54 Å². The van der Waals surface area contributed by atoms with E-state index in [2.05, 4.69) is 25.0 Å². The van der Waals surface area contributed by atoms with Gasteiger partial charge in [0.05, 0.1) is 17.2 Å². The first-order valence-corrected chi connectivity index (χ1v) is 7.13. The van der Waals surface area contributed by atoms with Crippen LogP contribution in [0, 0.1) is 6.92 Å². The Balaban J connectivity index is 1.87. The second-order valence-electron chi connectivity index (χ2n) is 4.46. The van der Waals surface area contributed by atoms with E-state index in [-0.39, 0.29) is 5.95 Å². The zero-order chi connectivity index (χ0) is 14.8. The van der Waals surface area contributed by atoms with Gasteiger partial charge in [-0.3, -0.25) is 0 Å². The molecule has 0 spiro atoms. The summed E-state index contributed by atoms with van der Waals surface area (Å²) in [6.45, 7) is 2.58. The van der Waals surface area contributed by atoms with Crippen molar-refractivity contribution in [2.45, 2.75) is 13.5 Å². The third-order valence-electron chi connectivity index (χ3n) is 2.75. The Bertz CT molecular complexity index is 736. The van der Waals surface area contributed by atoms with Crippen LogP contribution in [0.5, 0.6) is 0 Å². The predicted octanol–water partition coefficient (Wildman–Crippen LogP) is 1.04. The highest BCUT2D eigenvalue weighted by molar-refractivity contribution is 7.09. The molecule has 0 aliphatic heterocycles. The van der Waals surface area contributed by atoms with Crippen LogP contribution in [0.3, 0.4) is 0 Å². The van der Waals surface area contributed by atoms with Gasteiger partial charge in [-0.1, -0.05) is 0 Å². The topological polar surface area (TPSA) is 98.6 Å². The number of nitrogens with zero attached hydrogens (tertiary/aromatic N) is 7. The lowest BCUT2D eigenvalue weighted by Crippen LogP contribution is -2.21. The summed E-state index contributed by atoms with van der Waals surface area (Å²) >= 11 is 1.62. The zero-order valence-corrected chi connectivity index (χ0v) is 12.4. The molecule has 0 bridgehead atoms. The maximum atomic E-state index is 5.76. The van der Waals surface area contributed by atoms with Crippen molar-refractivity contribution < 1.29 is 0 Å². The standard InChI is InChI=1S/C12H14N8S/c1-8-15-9(7-21-8)6-19(2)11-16-10(13)17-12(18-11)20-5-3-4-14-20/h3-5,7H,6H2,1-2H3,(H2,13,16,17,18). The largest absolute Gasteiger partial charge is 0.368 e. The highest BCUT2D eigenvalue weighted by Crippen LogP contribution is 2.15. The highest BCUT2D eigenvalue weighted by Gasteiger charge is 2.12. The van der Waals surface area contributed by atoms with Crippen LogP contribution in [-0.4, -0.2) is 36.8 Å². The van der Waals surface area contributed by atoms with Crippen molar-refractivity contribution in [3.8, 4) is 5.95 Å². The van der Waals surface area contributed by atoms with Crippen LogP contribution < -0.4 is 10.6 Å². The van der Waals surface area contributed by atoms with Crippen molar-refractivity contribution in [2.75, 3.05) is 17.7 Å². The molecular weight excluding hydrogens is 288 g/mol. The predicted molar refractivity (Wildman–Crippen MR) is 80.3 cm³/mol. The monoisotopic (exact) mass is 302 g/mol. The quantitative estimate of drug-likeness (QED) is 0.768. The molecule has 108 valence electrons. The molecule has 0 aromatic carbocycles. The summed E-state index contributed by atoms with van der Waals surface area (Å²) in [5.74, 6) is 1.04. The summed E-state index contributed by atoms with van der Waals surface area (Å²) in [5.41, 5.74) is 6.73. The van der Waals surface area contributed by atoms with Crippen molar-refractivity contribution in [2.24, 2.45) is 0 Å². The van der Waals surface area contributed by atoms with Gasteiger partial charge in [-0.15, -0.1) is 11.3 Å². The fourth-order valence-corrected chi connectivity index (χ4v) is 2.43. The molecule has 9 heteroatoms. The average molecular weight is 302 g/mol. The molecular formula is C12H14N8S. The van der Waals surface area contributed by atoms with Gasteiger partial charge in [0.25, 0.3) is 5.95 Å². The van der Waals surface area contributed by atoms with Crippen LogP contribution in [0.25, 0.3) is 5.95 Å². The van der Waals surface area contributed by atoms with Crippen molar-refractivity contribution in [1.82, 2.24) is 29.7 Å². The van der Waals surface area contributed by atoms with Gasteiger partial charge in [0.15, 0.2) is 0 Å². The summed E-state index contributed by atoms with van der Waals surface area (Å²) < 4.78 is 1.54. The minimum Gasteiger partial charge on any atom is -0.368 e. The van der Waals surface area contributed by atoms with E-state index in [4.69, 9.17) is 5.73 Å². The molecule has 0 aliphatic carbocycles. The summed E-state index contributed by atoms with van der Waals surface area (Å²) in [4.78, 5) is 18.9. The van der Waals surface area contributed by atoms with Crippen LogP contribution in [0.1, 0.15) is 10.7 Å². The number of nitrogens with two attached hydrogens (primary N) is 1. The van der Waals surface area contributed by atoms with Crippen LogP contribution in [0.4, 0.5) is 11.9 Å². The second-order valence-corrected chi connectivity index (χ2v) is 5.52. The van der Waals surface area contributed by atoms with Crippen LogP contribution >= 0.6 is 11.3 Å². The molecule has 3 rings (SSSR count). The van der Waals surface area contributed by atoms with E-state index in [0.29, 0.717) is 18.4 Å². The Morgan fingerprint density at radius 3 is 2.81 bits per heavy atom. The molecule has 8 nitrogen and oxygen atoms in total. The average Bonchev–Trinajstić information content (AvgIpc) is 3.10. The molecule has 0 radical (unpaired) electrons. The van der Waals surface area contributed by atoms with E-state index in [1.54, 1.807) is 34.5 Å². The number of hydrogen-bond donors (Lipinski definition) is 1. The highest BCUT2D eigenvalue weighted by atomic mass is 32.1. The molecule has 0 atom stereocenters. The fourth-order valence-electron chi connectivity index (χ4n) is 1.82. The molecule has 0 aliphatic rings. The zero-order valence-electron chi connectivity index (χ0n) is 11.6. The molecule has 0 fully saturated rings. The van der Waals surface area contributed by atoms with E-state index >= 15 is 0 Å². The Morgan fingerprint density at radius 2 is 2.14 bits per heavy atom. The van der Waals surface area contributed by atoms with Crippen LogP contribution in [0.2, 0.25) is 0 Å². The van der Waals surface area contributed by atoms with Crippen molar-refractivity contribution in [1.29, 1.82) is 0 Å². The SMILES string of the molecule is Cc1nc(CN(C)c2nc(N)nc(-n3cccn3)n2)cs1. The van der Waals surface area contributed by atoms with E-state index in [0.717, 1.165) is 10.7 Å². The lowest BCUT2D eigenvalue weighted by molar-refractivity contribution is 0.773. The van der Waals surface area contributed by atoms with Gasteiger partial charge in [-0.2, -0.15) is 20.1 Å². The van der Waals surface area contributed by atoms with E-state index < -0.39 is 0 Å². The van der Waals surface area contributed by atoms with Crippen molar-refractivity contribution in [3.63, 3.8) is 0 Å². The van der Waals surface area contributed by atoms with E-state index in [1.807, 2.05) is 24.3 Å². The smallest absolute Gasteiger partial charge is 0.257 e. The van der Waals surface area contributed by atoms with Gasteiger partial charge in [0, 0.05) is 24.8 Å². The maximum Gasteiger partial charge on any atom is 0.257 e. The number of nitrogen functional groups attached to an aromatic ring is 1. The Kier molecular flexibility index (Phi) is 3.48. The van der Waals surface area contributed by atoms with Gasteiger partial charge in [0.2, 0.25) is 11.9 Å². The third kappa shape index (κ3) is 2.97. The molecule has 0 saturated carbocycles. The summed E-state index contributed by atoms with van der Waals surface area (Å²) in [7, 11) is 1.89. The lowest BCUT2D eigenvalue weighted by Gasteiger charge is -2.16. The molecule has 3 aromatic heterocycles. The molecule has 21 heavy (non-hydrogen) atoms. The minimum absolute atomic E-state index is 0.159. The van der Waals surface area contributed by atoms with Gasteiger partial charge in [-0.05, 0) is 13.0 Å². The number of aryl methyl sites for hydroxylation is 1. The molecule has 0 saturated heterocycles. The first-order chi connectivity index (χ1) is 10.1. The number of anilines is 2. The fraction of sp³-hybridized carbons (Fsp3) is 0.250. The molecule has 2 N–H and O–H groups in total. The summed E-state index contributed by atoms with van der Waals surface area (Å²) in [6.07, 6.45) is 3.41. The van der Waals surface area contributed by atoms with Gasteiger partial charge >= 0.3 is 0 Å². The van der Waals surface area contributed by atoms with E-state index in [9.17, 15) is 0 Å². The number of hydrogen-bond acceptors (Lipinski definition) is 8. The Morgan fingerprint density at radius 1 is 1.29 bits per heavy atom. The third-order valence-corrected chi connectivity index (χ3v) is 3.57. The van der Waals surface area contributed by atoms with Gasteiger partial charge in [0.1, 0.15) is 0 Å².